The van der Waals surface area contributed by atoms with Gasteiger partial charge in [0.25, 0.3) is 0 Å². The summed E-state index contributed by atoms with van der Waals surface area (Å²) in [6.07, 6.45) is 6.11. The van der Waals surface area contributed by atoms with Crippen molar-refractivity contribution in [2.75, 3.05) is 0 Å². The Morgan fingerprint density at radius 2 is 2.00 bits per heavy atom. The minimum atomic E-state index is 0.336. The number of aryl methyl sites for hydroxylation is 1. The lowest BCUT2D eigenvalue weighted by Gasteiger charge is -2.09. The van der Waals surface area contributed by atoms with Gasteiger partial charge in [0, 0.05) is 6.04 Å². The second-order valence-electron chi connectivity index (χ2n) is 4.67. The average Bonchev–Trinajstić information content (AvgIpc) is 3.11. The molecule has 2 N–H and O–H groups in total. The van der Waals surface area contributed by atoms with Gasteiger partial charge in [0.05, 0.1) is 6.10 Å². The number of nitrogens with two attached hydrogens (primary N) is 1. The molecule has 0 aromatic heterocycles. The zero-order valence-corrected chi connectivity index (χ0v) is 9.99. The molecule has 2 rings (SSSR count). The molecular weight excluding hydrogens is 198 g/mol. The smallest absolute Gasteiger partial charge is 0.119 e. The molecule has 1 atom stereocenters. The number of hydrogen-bond donors (Lipinski definition) is 1. The van der Waals surface area contributed by atoms with Gasteiger partial charge in [0.1, 0.15) is 5.75 Å². The summed E-state index contributed by atoms with van der Waals surface area (Å²) >= 11 is 0. The van der Waals surface area contributed by atoms with Gasteiger partial charge in [-0.1, -0.05) is 19.1 Å². The summed E-state index contributed by atoms with van der Waals surface area (Å²) in [5, 5.41) is 0. The monoisotopic (exact) mass is 219 g/mol. The molecule has 1 aromatic rings. The van der Waals surface area contributed by atoms with Crippen LogP contribution in [0.25, 0.3) is 0 Å². The summed E-state index contributed by atoms with van der Waals surface area (Å²) in [6.45, 7) is 2.14. The van der Waals surface area contributed by atoms with Crippen molar-refractivity contribution >= 4 is 0 Å². The van der Waals surface area contributed by atoms with Gasteiger partial charge in [0.15, 0.2) is 0 Å². The van der Waals surface area contributed by atoms with Crippen molar-refractivity contribution in [2.24, 2.45) is 5.73 Å². The standard InChI is InChI=1S/C14H21NO/c1-2-12(15)6-3-11-4-7-13(8-5-11)16-14-9-10-14/h4-5,7-8,12,14H,2-3,6,9-10,15H2,1H3. The molecular formula is C14H21NO. The molecule has 0 bridgehead atoms. The van der Waals surface area contributed by atoms with E-state index >= 15 is 0 Å². The second-order valence-corrected chi connectivity index (χ2v) is 4.67. The van der Waals surface area contributed by atoms with Crippen molar-refractivity contribution in [3.05, 3.63) is 29.8 Å². The highest BCUT2D eigenvalue weighted by molar-refractivity contribution is 5.27. The third kappa shape index (κ3) is 3.53. The number of hydrogen-bond acceptors (Lipinski definition) is 2. The van der Waals surface area contributed by atoms with Gasteiger partial charge in [0.2, 0.25) is 0 Å². The van der Waals surface area contributed by atoms with E-state index in [0.717, 1.165) is 25.0 Å². The van der Waals surface area contributed by atoms with Gasteiger partial charge >= 0.3 is 0 Å². The Morgan fingerprint density at radius 3 is 2.56 bits per heavy atom. The first-order valence-corrected chi connectivity index (χ1v) is 6.29. The second kappa shape index (κ2) is 5.35. The van der Waals surface area contributed by atoms with Crippen LogP contribution in [0.5, 0.6) is 5.75 Å². The molecule has 1 aliphatic rings. The van der Waals surface area contributed by atoms with Gasteiger partial charge in [-0.2, -0.15) is 0 Å². The van der Waals surface area contributed by atoms with E-state index in [0.29, 0.717) is 12.1 Å². The number of ether oxygens (including phenoxy) is 1. The molecule has 2 nitrogen and oxygen atoms in total. The van der Waals surface area contributed by atoms with Crippen LogP contribution in [-0.2, 0) is 6.42 Å². The fourth-order valence-corrected chi connectivity index (χ4v) is 1.67. The summed E-state index contributed by atoms with van der Waals surface area (Å²) in [7, 11) is 0. The summed E-state index contributed by atoms with van der Waals surface area (Å²) in [4.78, 5) is 0. The van der Waals surface area contributed by atoms with E-state index in [-0.39, 0.29) is 0 Å². The summed E-state index contributed by atoms with van der Waals surface area (Å²) in [5.74, 6) is 1.01. The Hall–Kier alpha value is -1.02. The Bertz CT molecular complexity index is 316. The van der Waals surface area contributed by atoms with Gasteiger partial charge in [-0.3, -0.25) is 0 Å². The highest BCUT2D eigenvalue weighted by Crippen LogP contribution is 2.26. The minimum absolute atomic E-state index is 0.336. The van der Waals surface area contributed by atoms with Crippen LogP contribution in [0.2, 0.25) is 0 Å². The first-order chi connectivity index (χ1) is 7.78. The van der Waals surface area contributed by atoms with E-state index in [1.165, 1.54) is 18.4 Å². The molecule has 1 aliphatic carbocycles. The quantitative estimate of drug-likeness (QED) is 0.798. The lowest BCUT2D eigenvalue weighted by atomic mass is 10.0. The lowest BCUT2D eigenvalue weighted by Crippen LogP contribution is -2.19. The molecule has 0 amide bonds. The van der Waals surface area contributed by atoms with Crippen molar-refractivity contribution in [3.63, 3.8) is 0 Å². The molecule has 0 heterocycles. The van der Waals surface area contributed by atoms with Crippen molar-refractivity contribution in [1.82, 2.24) is 0 Å². The molecule has 0 spiro atoms. The summed E-state index contributed by atoms with van der Waals surface area (Å²) < 4.78 is 5.70. The maximum absolute atomic E-state index is 5.90. The molecule has 0 aliphatic heterocycles. The molecule has 0 radical (unpaired) electrons. The molecule has 0 saturated heterocycles. The fraction of sp³-hybridized carbons (Fsp3) is 0.571. The van der Waals surface area contributed by atoms with Crippen LogP contribution < -0.4 is 10.5 Å². The van der Waals surface area contributed by atoms with E-state index in [1.54, 1.807) is 0 Å². The topological polar surface area (TPSA) is 35.2 Å². The van der Waals surface area contributed by atoms with Gasteiger partial charge in [-0.15, -0.1) is 0 Å². The van der Waals surface area contributed by atoms with Gasteiger partial charge in [-0.25, -0.2) is 0 Å². The maximum Gasteiger partial charge on any atom is 0.119 e. The van der Waals surface area contributed by atoms with E-state index in [2.05, 4.69) is 31.2 Å². The van der Waals surface area contributed by atoms with Crippen LogP contribution in [0.4, 0.5) is 0 Å². The molecule has 88 valence electrons. The van der Waals surface area contributed by atoms with Gasteiger partial charge in [-0.05, 0) is 49.8 Å². The van der Waals surface area contributed by atoms with Crippen LogP contribution in [-0.4, -0.2) is 12.1 Å². The van der Waals surface area contributed by atoms with E-state index in [1.807, 2.05) is 0 Å². The van der Waals surface area contributed by atoms with Crippen LogP contribution in [0.15, 0.2) is 24.3 Å². The number of benzene rings is 1. The SMILES string of the molecule is CCC(N)CCc1ccc(OC2CC2)cc1. The fourth-order valence-electron chi connectivity index (χ4n) is 1.67. The zero-order chi connectivity index (χ0) is 11.4. The zero-order valence-electron chi connectivity index (χ0n) is 9.99. The molecule has 1 aromatic carbocycles. The largest absolute Gasteiger partial charge is 0.490 e. The molecule has 2 heteroatoms. The molecule has 16 heavy (non-hydrogen) atoms. The van der Waals surface area contributed by atoms with Crippen LogP contribution in [0, 0.1) is 0 Å². The first-order valence-electron chi connectivity index (χ1n) is 6.29. The molecule has 1 unspecified atom stereocenters. The Kier molecular flexibility index (Phi) is 3.83. The Morgan fingerprint density at radius 1 is 1.31 bits per heavy atom. The van der Waals surface area contributed by atoms with E-state index in [4.69, 9.17) is 10.5 Å². The highest BCUT2D eigenvalue weighted by Gasteiger charge is 2.23. The summed E-state index contributed by atoms with van der Waals surface area (Å²) in [5.41, 5.74) is 7.25. The van der Waals surface area contributed by atoms with Crippen molar-refractivity contribution in [3.8, 4) is 5.75 Å². The minimum Gasteiger partial charge on any atom is -0.490 e. The third-order valence-electron chi connectivity index (χ3n) is 3.08. The Labute approximate surface area is 97.8 Å². The van der Waals surface area contributed by atoms with Crippen molar-refractivity contribution < 1.29 is 4.74 Å². The summed E-state index contributed by atoms with van der Waals surface area (Å²) in [6, 6.07) is 8.79. The highest BCUT2D eigenvalue weighted by atomic mass is 16.5. The van der Waals surface area contributed by atoms with Gasteiger partial charge < -0.3 is 10.5 Å². The lowest BCUT2D eigenvalue weighted by molar-refractivity contribution is 0.303. The van der Waals surface area contributed by atoms with E-state index < -0.39 is 0 Å². The maximum atomic E-state index is 5.90. The normalized spacial score (nSPS) is 17.1. The average molecular weight is 219 g/mol. The third-order valence-corrected chi connectivity index (χ3v) is 3.08. The van der Waals surface area contributed by atoms with Crippen molar-refractivity contribution in [1.29, 1.82) is 0 Å². The van der Waals surface area contributed by atoms with Crippen LogP contribution >= 0.6 is 0 Å². The molecule has 1 saturated carbocycles. The molecule has 1 fully saturated rings. The predicted octanol–water partition coefficient (Wildman–Crippen LogP) is 2.90. The first kappa shape index (κ1) is 11.5. The Balaban J connectivity index is 1.81. The van der Waals surface area contributed by atoms with Crippen LogP contribution in [0.3, 0.4) is 0 Å². The predicted molar refractivity (Wildman–Crippen MR) is 66.7 cm³/mol. The van der Waals surface area contributed by atoms with E-state index in [9.17, 15) is 0 Å². The van der Waals surface area contributed by atoms with Crippen molar-refractivity contribution in [2.45, 2.75) is 51.2 Å². The van der Waals surface area contributed by atoms with Crippen LogP contribution in [0.1, 0.15) is 38.2 Å². The number of rotatable bonds is 6.